The SMILES string of the molecule is CC(Cc1nc2ccccc2s1)N1CCCC1.CC1CCCN(C(=O)C(=O)Nc2cncc3cn[nH]c23)C1. The first kappa shape index (κ1) is 26.2. The average Bonchev–Trinajstić information content (AvgIpc) is 3.69. The standard InChI is InChI=1S/C14H17N5O2.C14H18N2S/c1-9-3-2-4-19(8-9)14(21)13(20)17-11-7-15-5-10-6-16-18-12(10)11;1-11(16-8-4-5-9-16)10-14-15-12-6-2-3-7-13(12)17-14/h5-7,9H,2-4,8H2,1H3,(H,16,18)(H,17,20);2-3,6-7,11H,4-5,8-10H2,1H3. The molecule has 0 saturated carbocycles. The third-order valence-electron chi connectivity index (χ3n) is 7.31. The number of aromatic nitrogens is 4. The van der Waals surface area contributed by atoms with Gasteiger partial charge < -0.3 is 15.1 Å². The van der Waals surface area contributed by atoms with Crippen molar-refractivity contribution in [3.05, 3.63) is 47.9 Å². The van der Waals surface area contributed by atoms with Crippen LogP contribution in [0.5, 0.6) is 0 Å². The van der Waals surface area contributed by atoms with Crippen LogP contribution in [0.25, 0.3) is 21.1 Å². The molecule has 0 aliphatic carbocycles. The number of nitrogens with zero attached hydrogens (tertiary/aromatic N) is 5. The summed E-state index contributed by atoms with van der Waals surface area (Å²) in [5, 5.41) is 11.4. The zero-order valence-corrected chi connectivity index (χ0v) is 22.8. The number of para-hydroxylation sites is 1. The van der Waals surface area contributed by atoms with E-state index >= 15 is 0 Å². The topological polar surface area (TPSA) is 107 Å². The van der Waals surface area contributed by atoms with Gasteiger partial charge in [0.25, 0.3) is 0 Å². The molecule has 4 aromatic rings. The highest BCUT2D eigenvalue weighted by molar-refractivity contribution is 7.18. The van der Waals surface area contributed by atoms with Crippen LogP contribution < -0.4 is 5.32 Å². The minimum Gasteiger partial charge on any atom is -0.334 e. The Bertz CT molecular complexity index is 1360. The van der Waals surface area contributed by atoms with E-state index < -0.39 is 11.8 Å². The summed E-state index contributed by atoms with van der Waals surface area (Å²) in [4.78, 5) is 37.3. The number of pyridine rings is 1. The second-order valence-electron chi connectivity index (χ2n) is 10.3. The minimum atomic E-state index is -0.631. The number of piperidine rings is 1. The van der Waals surface area contributed by atoms with Crippen molar-refractivity contribution < 1.29 is 9.59 Å². The number of hydrogen-bond acceptors (Lipinski definition) is 7. The zero-order chi connectivity index (χ0) is 26.5. The van der Waals surface area contributed by atoms with Gasteiger partial charge in [-0.15, -0.1) is 11.3 Å². The molecule has 2 aliphatic heterocycles. The largest absolute Gasteiger partial charge is 0.334 e. The van der Waals surface area contributed by atoms with Crippen LogP contribution in [-0.2, 0) is 16.0 Å². The summed E-state index contributed by atoms with van der Waals surface area (Å²) in [6, 6.07) is 9.06. The van der Waals surface area contributed by atoms with Gasteiger partial charge in [-0.3, -0.25) is 19.7 Å². The van der Waals surface area contributed by atoms with Crippen LogP contribution in [-0.4, -0.2) is 74.0 Å². The number of aromatic amines is 1. The first-order valence-electron chi connectivity index (χ1n) is 13.4. The molecule has 1 aromatic carbocycles. The van der Waals surface area contributed by atoms with E-state index in [1.807, 2.05) is 11.3 Å². The van der Waals surface area contributed by atoms with Crippen LogP contribution in [0.3, 0.4) is 0 Å². The number of rotatable bonds is 4. The quantitative estimate of drug-likeness (QED) is 0.375. The van der Waals surface area contributed by atoms with E-state index in [1.54, 1.807) is 17.3 Å². The zero-order valence-electron chi connectivity index (χ0n) is 22.0. The number of carbonyl (C=O) groups is 2. The predicted molar refractivity (Wildman–Crippen MR) is 151 cm³/mol. The van der Waals surface area contributed by atoms with Gasteiger partial charge >= 0.3 is 11.8 Å². The van der Waals surface area contributed by atoms with Crippen LogP contribution >= 0.6 is 11.3 Å². The van der Waals surface area contributed by atoms with Crippen molar-refractivity contribution in [1.29, 1.82) is 0 Å². The van der Waals surface area contributed by atoms with Gasteiger partial charge in [0.1, 0.15) is 0 Å². The molecule has 3 aromatic heterocycles. The number of fused-ring (bicyclic) bond motifs is 2. The third-order valence-corrected chi connectivity index (χ3v) is 8.37. The fourth-order valence-electron chi connectivity index (χ4n) is 5.23. The summed E-state index contributed by atoms with van der Waals surface area (Å²) >= 11 is 1.85. The molecule has 2 saturated heterocycles. The Balaban J connectivity index is 0.000000158. The number of amides is 2. The monoisotopic (exact) mass is 533 g/mol. The highest BCUT2D eigenvalue weighted by Gasteiger charge is 2.26. The van der Waals surface area contributed by atoms with Crippen molar-refractivity contribution in [2.75, 3.05) is 31.5 Å². The Morgan fingerprint density at radius 2 is 1.95 bits per heavy atom. The van der Waals surface area contributed by atoms with Crippen LogP contribution in [0.1, 0.15) is 44.5 Å². The number of H-pyrrole nitrogens is 1. The summed E-state index contributed by atoms with van der Waals surface area (Å²) in [5.41, 5.74) is 2.28. The first-order chi connectivity index (χ1) is 18.5. The Labute approximate surface area is 226 Å². The second kappa shape index (κ2) is 12.0. The molecule has 38 heavy (non-hydrogen) atoms. The lowest BCUT2D eigenvalue weighted by Crippen LogP contribution is -2.44. The molecular weight excluding hydrogens is 498 g/mol. The fourth-order valence-corrected chi connectivity index (χ4v) is 6.31. The number of carbonyl (C=O) groups excluding carboxylic acids is 2. The molecule has 0 radical (unpaired) electrons. The summed E-state index contributed by atoms with van der Waals surface area (Å²) in [7, 11) is 0. The Kier molecular flexibility index (Phi) is 8.29. The summed E-state index contributed by atoms with van der Waals surface area (Å²) in [6.45, 7) is 8.24. The third kappa shape index (κ3) is 6.19. The molecule has 2 N–H and O–H groups in total. The Morgan fingerprint density at radius 1 is 1.13 bits per heavy atom. The van der Waals surface area contributed by atoms with Crippen LogP contribution in [0.2, 0.25) is 0 Å². The Hall–Kier alpha value is -3.37. The van der Waals surface area contributed by atoms with Gasteiger partial charge in [0, 0.05) is 37.1 Å². The van der Waals surface area contributed by atoms with Gasteiger partial charge in [-0.05, 0) is 63.7 Å². The van der Waals surface area contributed by atoms with Gasteiger partial charge in [-0.1, -0.05) is 19.1 Å². The van der Waals surface area contributed by atoms with Gasteiger partial charge in [0.2, 0.25) is 0 Å². The Morgan fingerprint density at radius 3 is 2.74 bits per heavy atom. The van der Waals surface area contributed by atoms with Crippen molar-refractivity contribution in [1.82, 2.24) is 30.0 Å². The summed E-state index contributed by atoms with van der Waals surface area (Å²) in [6.07, 6.45) is 10.6. The molecule has 2 fully saturated rings. The summed E-state index contributed by atoms with van der Waals surface area (Å²) in [5.74, 6) is -0.681. The smallest absolute Gasteiger partial charge is 0.314 e. The molecule has 2 unspecified atom stereocenters. The molecule has 6 rings (SSSR count). The number of anilines is 1. The van der Waals surface area contributed by atoms with E-state index in [9.17, 15) is 9.59 Å². The first-order valence-corrected chi connectivity index (χ1v) is 14.3. The van der Waals surface area contributed by atoms with Crippen molar-refractivity contribution >= 4 is 50.0 Å². The maximum absolute atomic E-state index is 12.2. The molecule has 2 amide bonds. The van der Waals surface area contributed by atoms with Crippen molar-refractivity contribution in [3.8, 4) is 0 Å². The van der Waals surface area contributed by atoms with Crippen LogP contribution in [0, 0.1) is 5.92 Å². The van der Waals surface area contributed by atoms with Crippen molar-refractivity contribution in [3.63, 3.8) is 0 Å². The highest BCUT2D eigenvalue weighted by atomic mass is 32.1. The molecule has 0 bridgehead atoms. The molecule has 2 atom stereocenters. The average molecular weight is 534 g/mol. The van der Waals surface area contributed by atoms with E-state index in [0.29, 0.717) is 36.3 Å². The molecule has 9 nitrogen and oxygen atoms in total. The number of benzene rings is 1. The van der Waals surface area contributed by atoms with Crippen LogP contribution in [0.4, 0.5) is 5.69 Å². The highest BCUT2D eigenvalue weighted by Crippen LogP contribution is 2.24. The lowest BCUT2D eigenvalue weighted by molar-refractivity contribution is -0.144. The minimum absolute atomic E-state index is 0.438. The van der Waals surface area contributed by atoms with Gasteiger partial charge in [-0.25, -0.2) is 4.98 Å². The van der Waals surface area contributed by atoms with E-state index in [1.165, 1.54) is 41.8 Å². The lowest BCUT2D eigenvalue weighted by atomic mass is 10.0. The lowest BCUT2D eigenvalue weighted by Gasteiger charge is -2.30. The molecular formula is C28H35N7O2S. The van der Waals surface area contributed by atoms with E-state index in [2.05, 4.69) is 63.5 Å². The maximum atomic E-state index is 12.2. The van der Waals surface area contributed by atoms with Crippen molar-refractivity contribution in [2.45, 2.75) is 52.0 Å². The van der Waals surface area contributed by atoms with E-state index in [0.717, 1.165) is 30.2 Å². The van der Waals surface area contributed by atoms with Gasteiger partial charge in [-0.2, -0.15) is 5.10 Å². The summed E-state index contributed by atoms with van der Waals surface area (Å²) < 4.78 is 1.32. The number of thiazole rings is 1. The molecule has 10 heteroatoms. The molecule has 200 valence electrons. The van der Waals surface area contributed by atoms with E-state index in [-0.39, 0.29) is 0 Å². The van der Waals surface area contributed by atoms with Crippen molar-refractivity contribution in [2.24, 2.45) is 5.92 Å². The number of hydrogen-bond donors (Lipinski definition) is 2. The van der Waals surface area contributed by atoms with E-state index in [4.69, 9.17) is 4.98 Å². The van der Waals surface area contributed by atoms with Crippen LogP contribution in [0.15, 0.2) is 42.9 Å². The van der Waals surface area contributed by atoms with Gasteiger partial charge in [0.05, 0.1) is 38.8 Å². The second-order valence-corrected chi connectivity index (χ2v) is 11.5. The number of likely N-dealkylation sites (tertiary alicyclic amines) is 2. The molecule has 2 aliphatic rings. The molecule has 5 heterocycles. The molecule has 0 spiro atoms. The normalized spacial score (nSPS) is 18.8. The maximum Gasteiger partial charge on any atom is 0.314 e. The fraction of sp³-hybridized carbons (Fsp3) is 0.464. The number of nitrogens with one attached hydrogen (secondary N) is 2. The van der Waals surface area contributed by atoms with Gasteiger partial charge in [0.15, 0.2) is 0 Å². The predicted octanol–water partition coefficient (Wildman–Crippen LogP) is 4.48.